The summed E-state index contributed by atoms with van der Waals surface area (Å²) in [5.41, 5.74) is 2.10. The summed E-state index contributed by atoms with van der Waals surface area (Å²) < 4.78 is 31.3. The largest absolute Gasteiger partial charge is 0.444 e. The van der Waals surface area contributed by atoms with Crippen molar-refractivity contribution in [2.45, 2.75) is 38.2 Å². The molecule has 1 heterocycles. The van der Waals surface area contributed by atoms with Crippen LogP contribution >= 0.6 is 15.9 Å². The van der Waals surface area contributed by atoms with E-state index in [-0.39, 0.29) is 11.0 Å². The van der Waals surface area contributed by atoms with Gasteiger partial charge < -0.3 is 14.5 Å². The highest BCUT2D eigenvalue weighted by Crippen LogP contribution is 2.25. The molecule has 178 valence electrons. The van der Waals surface area contributed by atoms with Crippen molar-refractivity contribution in [1.82, 2.24) is 9.73 Å². The maximum atomic E-state index is 12.5. The number of hydrazone groups is 1. The van der Waals surface area contributed by atoms with Crippen LogP contribution in [0.5, 0.6) is 0 Å². The van der Waals surface area contributed by atoms with Crippen molar-refractivity contribution >= 4 is 43.9 Å². The third-order valence-electron chi connectivity index (χ3n) is 4.97. The molecule has 0 aliphatic carbocycles. The zero-order valence-corrected chi connectivity index (χ0v) is 21.6. The molecule has 1 aliphatic heterocycles. The van der Waals surface area contributed by atoms with Crippen molar-refractivity contribution in [2.75, 3.05) is 31.1 Å². The van der Waals surface area contributed by atoms with E-state index in [9.17, 15) is 13.2 Å². The second-order valence-electron chi connectivity index (χ2n) is 8.82. The molecular formula is C23H29BrN4O4S. The number of hydrogen-bond donors (Lipinski definition) is 1. The Morgan fingerprint density at radius 1 is 1.09 bits per heavy atom. The minimum atomic E-state index is -3.76. The Balaban J connectivity index is 1.70. The van der Waals surface area contributed by atoms with Gasteiger partial charge in [-0.2, -0.15) is 13.5 Å². The van der Waals surface area contributed by atoms with Crippen molar-refractivity contribution in [3.05, 3.63) is 58.1 Å². The molecule has 3 rings (SSSR count). The Hall–Kier alpha value is -2.59. The summed E-state index contributed by atoms with van der Waals surface area (Å²) in [5, 5.41) is 4.00. The van der Waals surface area contributed by atoms with Gasteiger partial charge in [0.05, 0.1) is 11.1 Å². The van der Waals surface area contributed by atoms with E-state index in [1.807, 2.05) is 45.9 Å². The number of hydrogen-bond acceptors (Lipinski definition) is 6. The Morgan fingerprint density at radius 2 is 1.73 bits per heavy atom. The minimum absolute atomic E-state index is 0.151. The minimum Gasteiger partial charge on any atom is -0.444 e. The predicted molar refractivity (Wildman–Crippen MR) is 133 cm³/mol. The number of aryl methyl sites for hydroxylation is 1. The van der Waals surface area contributed by atoms with Gasteiger partial charge in [0.15, 0.2) is 0 Å². The number of ether oxygens (including phenoxy) is 1. The number of benzene rings is 2. The quantitative estimate of drug-likeness (QED) is 0.458. The lowest BCUT2D eigenvalue weighted by molar-refractivity contribution is 0.0240. The lowest BCUT2D eigenvalue weighted by Gasteiger charge is -2.37. The maximum absolute atomic E-state index is 12.5. The molecule has 8 nitrogen and oxygen atoms in total. The Morgan fingerprint density at radius 3 is 2.33 bits per heavy atom. The Kier molecular flexibility index (Phi) is 7.69. The number of nitrogens with one attached hydrogen (secondary N) is 1. The van der Waals surface area contributed by atoms with Gasteiger partial charge in [0.2, 0.25) is 0 Å². The first-order valence-electron chi connectivity index (χ1n) is 10.6. The SMILES string of the molecule is Cc1ccc(S(=O)(=O)N/N=C/c2cc(Br)ccc2N2CCN(C(=O)OC(C)(C)C)CC2)cc1. The molecule has 10 heteroatoms. The van der Waals surface area contributed by atoms with Crippen LogP contribution in [0.25, 0.3) is 0 Å². The van der Waals surface area contributed by atoms with Gasteiger partial charge in [-0.3, -0.25) is 0 Å². The first kappa shape index (κ1) is 25.0. The van der Waals surface area contributed by atoms with Crippen LogP contribution in [-0.4, -0.2) is 57.4 Å². The molecule has 1 fully saturated rings. The third-order valence-corrected chi connectivity index (χ3v) is 6.70. The van der Waals surface area contributed by atoms with Gasteiger partial charge in [0, 0.05) is 41.9 Å². The lowest BCUT2D eigenvalue weighted by atomic mass is 10.1. The number of rotatable bonds is 5. The van der Waals surface area contributed by atoms with Gasteiger partial charge in [0.1, 0.15) is 5.60 Å². The van der Waals surface area contributed by atoms with Crippen LogP contribution in [0, 0.1) is 6.92 Å². The van der Waals surface area contributed by atoms with Gasteiger partial charge in [-0.15, -0.1) is 0 Å². The van der Waals surface area contributed by atoms with Gasteiger partial charge >= 0.3 is 6.09 Å². The average Bonchev–Trinajstić information content (AvgIpc) is 2.73. The fourth-order valence-corrected chi connectivity index (χ4v) is 4.48. The van der Waals surface area contributed by atoms with Crippen LogP contribution in [0.1, 0.15) is 31.9 Å². The molecule has 0 atom stereocenters. The highest BCUT2D eigenvalue weighted by Gasteiger charge is 2.26. The average molecular weight is 537 g/mol. The molecule has 1 N–H and O–H groups in total. The number of sulfonamides is 1. The molecule has 1 saturated heterocycles. The molecule has 1 aliphatic rings. The summed E-state index contributed by atoms with van der Waals surface area (Å²) in [4.78, 5) is 18.6. The number of carbonyl (C=O) groups is 1. The van der Waals surface area contributed by atoms with Crippen LogP contribution in [0.2, 0.25) is 0 Å². The van der Waals surface area contributed by atoms with E-state index in [1.165, 1.54) is 6.21 Å². The maximum Gasteiger partial charge on any atom is 0.410 e. The van der Waals surface area contributed by atoms with Crippen molar-refractivity contribution < 1.29 is 17.9 Å². The van der Waals surface area contributed by atoms with E-state index in [2.05, 4.69) is 30.8 Å². The molecule has 1 amide bonds. The van der Waals surface area contributed by atoms with Crippen molar-refractivity contribution in [2.24, 2.45) is 5.10 Å². The molecule has 0 saturated carbocycles. The number of piperazine rings is 1. The third kappa shape index (κ3) is 6.94. The Labute approximate surface area is 203 Å². The molecule has 0 bridgehead atoms. The Bertz CT molecular complexity index is 1120. The van der Waals surface area contributed by atoms with Crippen LogP contribution in [0.3, 0.4) is 0 Å². The molecule has 0 radical (unpaired) electrons. The van der Waals surface area contributed by atoms with E-state index in [0.717, 1.165) is 21.3 Å². The van der Waals surface area contributed by atoms with Crippen LogP contribution < -0.4 is 9.73 Å². The zero-order valence-electron chi connectivity index (χ0n) is 19.2. The number of halogens is 1. The summed E-state index contributed by atoms with van der Waals surface area (Å²) in [5.74, 6) is 0. The normalized spacial score (nSPS) is 15.1. The van der Waals surface area contributed by atoms with Crippen LogP contribution in [-0.2, 0) is 14.8 Å². The number of anilines is 1. The van der Waals surface area contributed by atoms with Gasteiger partial charge in [-0.05, 0) is 58.0 Å². The van der Waals surface area contributed by atoms with Crippen molar-refractivity contribution in [1.29, 1.82) is 0 Å². The number of nitrogens with zero attached hydrogens (tertiary/aromatic N) is 3. The number of carbonyl (C=O) groups excluding carboxylic acids is 1. The first-order valence-corrected chi connectivity index (χ1v) is 12.9. The monoisotopic (exact) mass is 536 g/mol. The summed E-state index contributed by atoms with van der Waals surface area (Å²) in [6, 6.07) is 12.3. The highest BCUT2D eigenvalue weighted by molar-refractivity contribution is 9.10. The smallest absolute Gasteiger partial charge is 0.410 e. The van der Waals surface area contributed by atoms with Gasteiger partial charge in [-0.25, -0.2) is 9.63 Å². The fourth-order valence-electron chi connectivity index (χ4n) is 3.31. The second kappa shape index (κ2) is 10.1. The molecule has 33 heavy (non-hydrogen) atoms. The standard InChI is InChI=1S/C23H29BrN4O4S/c1-17-5-8-20(9-6-17)33(30,31)26-25-16-18-15-19(24)7-10-21(18)27-11-13-28(14-12-27)22(29)32-23(2,3)4/h5-10,15-16,26H,11-14H2,1-4H3/b25-16+. The van der Waals surface area contributed by atoms with Crippen molar-refractivity contribution in [3.8, 4) is 0 Å². The molecular weight excluding hydrogens is 508 g/mol. The lowest BCUT2D eigenvalue weighted by Crippen LogP contribution is -2.50. The molecule has 0 aromatic heterocycles. The van der Waals surface area contributed by atoms with Crippen molar-refractivity contribution in [3.63, 3.8) is 0 Å². The highest BCUT2D eigenvalue weighted by atomic mass is 79.9. The summed E-state index contributed by atoms with van der Waals surface area (Å²) in [6.07, 6.45) is 1.18. The van der Waals surface area contributed by atoms with E-state index in [1.54, 1.807) is 29.2 Å². The van der Waals surface area contributed by atoms with Crippen LogP contribution in [0.4, 0.5) is 10.5 Å². The first-order chi connectivity index (χ1) is 15.4. The van der Waals surface area contributed by atoms with E-state index < -0.39 is 15.6 Å². The van der Waals surface area contributed by atoms with Gasteiger partial charge in [0.25, 0.3) is 10.0 Å². The van der Waals surface area contributed by atoms with E-state index in [0.29, 0.717) is 26.2 Å². The molecule has 0 spiro atoms. The fraction of sp³-hybridized carbons (Fsp3) is 0.391. The van der Waals surface area contributed by atoms with Crippen LogP contribution in [0.15, 0.2) is 56.9 Å². The van der Waals surface area contributed by atoms with E-state index >= 15 is 0 Å². The molecule has 0 unspecified atom stereocenters. The molecule has 2 aromatic carbocycles. The predicted octanol–water partition coefficient (Wildman–Crippen LogP) is 4.13. The summed E-state index contributed by atoms with van der Waals surface area (Å²) in [6.45, 7) is 9.74. The zero-order chi connectivity index (χ0) is 24.2. The topological polar surface area (TPSA) is 91.3 Å². The molecule has 2 aromatic rings. The summed E-state index contributed by atoms with van der Waals surface area (Å²) in [7, 11) is -3.76. The second-order valence-corrected chi connectivity index (χ2v) is 11.4. The van der Waals surface area contributed by atoms with E-state index in [4.69, 9.17) is 4.74 Å². The summed E-state index contributed by atoms with van der Waals surface area (Å²) >= 11 is 3.46. The van der Waals surface area contributed by atoms with Gasteiger partial charge in [-0.1, -0.05) is 33.6 Å². The number of amides is 1.